The molecule has 6 heteroatoms. The van der Waals surface area contributed by atoms with E-state index in [-0.39, 0.29) is 5.56 Å². The first-order valence-electron chi connectivity index (χ1n) is 4.10. The highest BCUT2D eigenvalue weighted by atomic mass is 79.9. The summed E-state index contributed by atoms with van der Waals surface area (Å²) in [4.78, 5) is 19.3. The number of nitrogens with one attached hydrogen (secondary N) is 1. The summed E-state index contributed by atoms with van der Waals surface area (Å²) in [7, 11) is 0. The maximum absolute atomic E-state index is 11.3. The van der Waals surface area contributed by atoms with Gasteiger partial charge in [0.2, 0.25) is 0 Å². The molecule has 0 unspecified atom stereocenters. The Balaban J connectivity index is 2.53. The van der Waals surface area contributed by atoms with Crippen molar-refractivity contribution in [3.8, 4) is 10.6 Å². The number of aromatic nitrogens is 2. The van der Waals surface area contributed by atoms with Crippen molar-refractivity contribution < 1.29 is 0 Å². The minimum absolute atomic E-state index is 0.117. The minimum Gasteiger partial charge on any atom is -0.301 e. The van der Waals surface area contributed by atoms with Crippen molar-refractivity contribution in [2.24, 2.45) is 0 Å². The smallest absolute Gasteiger partial charge is 0.252 e. The molecule has 1 N–H and O–H groups in total. The highest BCUT2D eigenvalue weighted by Gasteiger charge is 2.05. The number of hydrogen-bond donors (Lipinski definition) is 1. The lowest BCUT2D eigenvalue weighted by Crippen LogP contribution is -2.07. The van der Waals surface area contributed by atoms with Gasteiger partial charge in [0, 0.05) is 6.07 Å². The van der Waals surface area contributed by atoms with Crippen molar-refractivity contribution in [3.05, 3.63) is 32.3 Å². The number of thioether (sulfide) groups is 1. The van der Waals surface area contributed by atoms with E-state index in [4.69, 9.17) is 0 Å². The summed E-state index contributed by atoms with van der Waals surface area (Å²) < 4.78 is 1.03. The fraction of sp³-hybridized carbons (Fsp3) is 0.111. The van der Waals surface area contributed by atoms with Crippen LogP contribution in [0.5, 0.6) is 0 Å². The van der Waals surface area contributed by atoms with E-state index >= 15 is 0 Å². The molecule has 0 bridgehead atoms. The molecule has 2 aromatic heterocycles. The van der Waals surface area contributed by atoms with Gasteiger partial charge in [-0.2, -0.15) is 0 Å². The van der Waals surface area contributed by atoms with Crippen LogP contribution in [0.2, 0.25) is 0 Å². The Labute approximate surface area is 103 Å². The third-order valence-electron chi connectivity index (χ3n) is 1.74. The zero-order chi connectivity index (χ0) is 10.8. The molecular formula is C9H7BrN2OS2. The Hall–Kier alpha value is -0.590. The topological polar surface area (TPSA) is 45.8 Å². The Morgan fingerprint density at radius 1 is 1.53 bits per heavy atom. The number of H-pyrrole nitrogens is 1. The van der Waals surface area contributed by atoms with Gasteiger partial charge in [-0.1, -0.05) is 11.8 Å². The Bertz CT molecular complexity index is 535. The standard InChI is InChI=1S/C9H7BrN2OS2/c1-14-9-11-5(4-8(13)12-9)6-2-3-7(10)15-6/h2-4H,1H3,(H,11,12,13). The van der Waals surface area contributed by atoms with Crippen molar-refractivity contribution in [1.29, 1.82) is 0 Å². The van der Waals surface area contributed by atoms with Crippen LogP contribution in [0.1, 0.15) is 0 Å². The Kier molecular flexibility index (Phi) is 3.28. The second kappa shape index (κ2) is 4.51. The molecule has 0 aromatic carbocycles. The summed E-state index contributed by atoms with van der Waals surface area (Å²) in [6.07, 6.45) is 1.88. The third kappa shape index (κ3) is 2.50. The van der Waals surface area contributed by atoms with Crippen LogP contribution < -0.4 is 5.56 Å². The average Bonchev–Trinajstić information content (AvgIpc) is 2.64. The van der Waals surface area contributed by atoms with Crippen LogP contribution in [0.25, 0.3) is 10.6 Å². The first-order chi connectivity index (χ1) is 7.19. The SMILES string of the molecule is CSc1nc(-c2ccc(Br)s2)cc(=O)[nH]1. The van der Waals surface area contributed by atoms with Crippen LogP contribution in [0.15, 0.2) is 31.9 Å². The van der Waals surface area contributed by atoms with Crippen LogP contribution in [0.4, 0.5) is 0 Å². The lowest BCUT2D eigenvalue weighted by molar-refractivity contribution is 0.947. The van der Waals surface area contributed by atoms with Gasteiger partial charge in [-0.3, -0.25) is 4.79 Å². The van der Waals surface area contributed by atoms with Crippen LogP contribution in [0.3, 0.4) is 0 Å². The molecule has 0 atom stereocenters. The molecule has 15 heavy (non-hydrogen) atoms. The maximum atomic E-state index is 11.3. The van der Waals surface area contributed by atoms with Gasteiger partial charge in [-0.25, -0.2) is 4.98 Å². The summed E-state index contributed by atoms with van der Waals surface area (Å²) in [5.41, 5.74) is 0.604. The van der Waals surface area contributed by atoms with Crippen molar-refractivity contribution in [3.63, 3.8) is 0 Å². The second-order valence-electron chi connectivity index (χ2n) is 2.74. The van der Waals surface area contributed by atoms with Gasteiger partial charge < -0.3 is 4.98 Å². The second-order valence-corrected chi connectivity index (χ2v) is 6.00. The molecule has 2 heterocycles. The van der Waals surface area contributed by atoms with Crippen molar-refractivity contribution >= 4 is 39.0 Å². The molecular weight excluding hydrogens is 296 g/mol. The van der Waals surface area contributed by atoms with Crippen molar-refractivity contribution in [1.82, 2.24) is 9.97 Å². The van der Waals surface area contributed by atoms with Gasteiger partial charge in [0.1, 0.15) is 0 Å². The summed E-state index contributed by atoms with van der Waals surface area (Å²) in [5.74, 6) is 0. The summed E-state index contributed by atoms with van der Waals surface area (Å²) in [6, 6.07) is 5.40. The summed E-state index contributed by atoms with van der Waals surface area (Å²) >= 11 is 6.37. The molecule has 0 saturated carbocycles. The van der Waals surface area contributed by atoms with Crippen LogP contribution in [0, 0.1) is 0 Å². The van der Waals surface area contributed by atoms with Gasteiger partial charge in [0.25, 0.3) is 5.56 Å². The lowest BCUT2D eigenvalue weighted by atomic mass is 10.3. The van der Waals surface area contributed by atoms with Gasteiger partial charge in [0.15, 0.2) is 5.16 Å². The summed E-state index contributed by atoms with van der Waals surface area (Å²) in [5, 5.41) is 0.641. The van der Waals surface area contributed by atoms with Gasteiger partial charge in [0.05, 0.1) is 14.4 Å². The molecule has 0 aliphatic heterocycles. The Morgan fingerprint density at radius 3 is 2.93 bits per heavy atom. The van der Waals surface area contributed by atoms with Gasteiger partial charge >= 0.3 is 0 Å². The normalized spacial score (nSPS) is 10.5. The number of nitrogens with zero attached hydrogens (tertiary/aromatic N) is 1. The molecule has 3 nitrogen and oxygen atoms in total. The minimum atomic E-state index is -0.117. The van der Waals surface area contributed by atoms with E-state index in [2.05, 4.69) is 25.9 Å². The first kappa shape index (κ1) is 10.9. The number of rotatable bonds is 2. The number of hydrogen-bond acceptors (Lipinski definition) is 4. The van der Waals surface area contributed by atoms with E-state index in [1.165, 1.54) is 17.8 Å². The van der Waals surface area contributed by atoms with Gasteiger partial charge in [-0.15, -0.1) is 11.3 Å². The molecule has 0 fully saturated rings. The van der Waals surface area contributed by atoms with Crippen molar-refractivity contribution in [2.45, 2.75) is 5.16 Å². The number of aromatic amines is 1. The summed E-state index contributed by atoms with van der Waals surface area (Å²) in [6.45, 7) is 0. The van der Waals surface area contributed by atoms with E-state index in [9.17, 15) is 4.79 Å². The average molecular weight is 303 g/mol. The van der Waals surface area contributed by atoms with E-state index < -0.39 is 0 Å². The monoisotopic (exact) mass is 302 g/mol. The van der Waals surface area contributed by atoms with E-state index in [0.29, 0.717) is 5.16 Å². The molecule has 78 valence electrons. The van der Waals surface area contributed by atoms with Crippen molar-refractivity contribution in [2.75, 3.05) is 6.26 Å². The van der Waals surface area contributed by atoms with E-state index in [0.717, 1.165) is 14.4 Å². The molecule has 0 saturated heterocycles. The zero-order valence-corrected chi connectivity index (χ0v) is 11.0. The molecule has 0 aliphatic carbocycles. The number of thiophene rings is 1. The fourth-order valence-electron chi connectivity index (χ4n) is 1.11. The zero-order valence-electron chi connectivity index (χ0n) is 7.78. The van der Waals surface area contributed by atoms with Crippen LogP contribution >= 0.6 is 39.0 Å². The largest absolute Gasteiger partial charge is 0.301 e. The van der Waals surface area contributed by atoms with Gasteiger partial charge in [-0.05, 0) is 34.3 Å². The van der Waals surface area contributed by atoms with Crippen LogP contribution in [-0.4, -0.2) is 16.2 Å². The predicted molar refractivity (Wildman–Crippen MR) is 67.7 cm³/mol. The molecule has 0 spiro atoms. The third-order valence-corrected chi connectivity index (χ3v) is 3.97. The molecule has 2 aromatic rings. The lowest BCUT2D eigenvalue weighted by Gasteiger charge is -1.98. The highest BCUT2D eigenvalue weighted by Crippen LogP contribution is 2.29. The maximum Gasteiger partial charge on any atom is 0.252 e. The predicted octanol–water partition coefficient (Wildman–Crippen LogP) is 2.98. The first-order valence-corrected chi connectivity index (χ1v) is 6.93. The molecule has 0 radical (unpaired) electrons. The van der Waals surface area contributed by atoms with E-state index in [1.807, 2.05) is 18.4 Å². The quantitative estimate of drug-likeness (QED) is 0.685. The molecule has 2 rings (SSSR count). The molecule has 0 amide bonds. The fourth-order valence-corrected chi connectivity index (χ4v) is 2.85. The molecule has 0 aliphatic rings. The van der Waals surface area contributed by atoms with E-state index in [1.54, 1.807) is 11.3 Å². The number of halogens is 1. The highest BCUT2D eigenvalue weighted by molar-refractivity contribution is 9.11. The van der Waals surface area contributed by atoms with Crippen LogP contribution in [-0.2, 0) is 0 Å². The Morgan fingerprint density at radius 2 is 2.33 bits per heavy atom.